The van der Waals surface area contributed by atoms with Gasteiger partial charge >= 0.3 is 5.97 Å². The number of nitrogens with zero attached hydrogens (tertiary/aromatic N) is 2. The van der Waals surface area contributed by atoms with Crippen LogP contribution in [0.4, 0.5) is 5.69 Å². The molecule has 1 aliphatic rings. The zero-order valence-electron chi connectivity index (χ0n) is 17.1. The number of aryl methyl sites for hydroxylation is 1. The first kappa shape index (κ1) is 19.5. The van der Waals surface area contributed by atoms with Crippen LogP contribution >= 0.6 is 0 Å². The van der Waals surface area contributed by atoms with Crippen LogP contribution in [-0.2, 0) is 16.1 Å². The molecule has 1 fully saturated rings. The van der Waals surface area contributed by atoms with Gasteiger partial charge in [-0.3, -0.25) is 14.5 Å². The lowest BCUT2D eigenvalue weighted by molar-refractivity contribution is -0.142. The normalized spacial score (nSPS) is 20.9. The lowest BCUT2D eigenvalue weighted by atomic mass is 9.99. The molecule has 3 atom stereocenters. The molecule has 1 saturated heterocycles. The fourth-order valence-corrected chi connectivity index (χ4v) is 4.53. The summed E-state index contributed by atoms with van der Waals surface area (Å²) in [4.78, 5) is 26.2. The van der Waals surface area contributed by atoms with Crippen LogP contribution in [0.5, 0.6) is 0 Å². The minimum atomic E-state index is -0.787. The number of likely N-dealkylation sites (tertiary alicyclic amines) is 1. The van der Waals surface area contributed by atoms with Crippen molar-refractivity contribution in [2.45, 2.75) is 33.4 Å². The number of hydrogen-bond acceptors (Lipinski definition) is 3. The molecule has 0 aliphatic carbocycles. The number of aliphatic carboxylic acids is 1. The SMILES string of the molecule is CCn1c2ccccc2c2cc(NC(=O)C(C)N3C[C@@H](C)[C@H](C(=O)O)C3)ccc21. The van der Waals surface area contributed by atoms with E-state index in [1.165, 1.54) is 10.9 Å². The maximum absolute atomic E-state index is 12.8. The molecule has 0 bridgehead atoms. The van der Waals surface area contributed by atoms with Gasteiger partial charge in [-0.15, -0.1) is 0 Å². The largest absolute Gasteiger partial charge is 0.481 e. The fourth-order valence-electron chi connectivity index (χ4n) is 4.53. The second-order valence-electron chi connectivity index (χ2n) is 8.03. The van der Waals surface area contributed by atoms with Crippen molar-refractivity contribution in [1.82, 2.24) is 9.47 Å². The second-order valence-corrected chi connectivity index (χ2v) is 8.03. The quantitative estimate of drug-likeness (QED) is 0.692. The molecular weight excluding hydrogens is 366 g/mol. The van der Waals surface area contributed by atoms with Gasteiger partial charge in [-0.05, 0) is 44.0 Å². The first-order valence-corrected chi connectivity index (χ1v) is 10.2. The number of anilines is 1. The average Bonchev–Trinajstić information content (AvgIpc) is 3.25. The van der Waals surface area contributed by atoms with E-state index in [1.807, 2.05) is 43.0 Å². The van der Waals surface area contributed by atoms with Gasteiger partial charge in [-0.1, -0.05) is 25.1 Å². The van der Waals surface area contributed by atoms with Gasteiger partial charge in [0.1, 0.15) is 0 Å². The van der Waals surface area contributed by atoms with E-state index < -0.39 is 11.9 Å². The van der Waals surface area contributed by atoms with Crippen molar-refractivity contribution in [3.63, 3.8) is 0 Å². The molecule has 152 valence electrons. The van der Waals surface area contributed by atoms with Crippen molar-refractivity contribution in [3.8, 4) is 0 Å². The fraction of sp³-hybridized carbons (Fsp3) is 0.391. The Morgan fingerprint density at radius 2 is 1.86 bits per heavy atom. The molecule has 2 heterocycles. The molecule has 0 spiro atoms. The molecule has 0 saturated carbocycles. The highest BCUT2D eigenvalue weighted by atomic mass is 16.4. The summed E-state index contributed by atoms with van der Waals surface area (Å²) in [6, 6.07) is 13.9. The number of nitrogens with one attached hydrogen (secondary N) is 1. The molecule has 4 rings (SSSR count). The van der Waals surface area contributed by atoms with Gasteiger partial charge < -0.3 is 15.0 Å². The van der Waals surface area contributed by atoms with Gasteiger partial charge in [-0.25, -0.2) is 0 Å². The number of rotatable bonds is 5. The highest BCUT2D eigenvalue weighted by Crippen LogP contribution is 2.31. The van der Waals surface area contributed by atoms with Crippen LogP contribution in [0, 0.1) is 11.8 Å². The standard InChI is InChI=1S/C23H27N3O3/c1-4-26-20-8-6-5-7-17(20)18-11-16(9-10-21(18)26)24-22(27)15(3)25-12-14(2)19(13-25)23(28)29/h5-11,14-15,19H,4,12-13H2,1-3H3,(H,24,27)(H,28,29)/t14-,15?,19-/m1/s1. The average molecular weight is 393 g/mol. The topological polar surface area (TPSA) is 74.6 Å². The highest BCUT2D eigenvalue weighted by Gasteiger charge is 2.38. The number of fused-ring (bicyclic) bond motifs is 3. The Labute approximate surface area is 170 Å². The van der Waals surface area contributed by atoms with Gasteiger partial charge in [0.15, 0.2) is 0 Å². The Balaban J connectivity index is 1.57. The van der Waals surface area contributed by atoms with E-state index in [0.717, 1.165) is 23.1 Å². The van der Waals surface area contributed by atoms with Crippen LogP contribution in [0.2, 0.25) is 0 Å². The van der Waals surface area contributed by atoms with E-state index in [0.29, 0.717) is 13.1 Å². The van der Waals surface area contributed by atoms with Gasteiger partial charge in [-0.2, -0.15) is 0 Å². The molecular formula is C23H27N3O3. The Kier molecular flexibility index (Phi) is 5.04. The monoisotopic (exact) mass is 393 g/mol. The molecule has 1 aromatic heterocycles. The third-order valence-corrected chi connectivity index (χ3v) is 6.24. The summed E-state index contributed by atoms with van der Waals surface area (Å²) < 4.78 is 2.27. The minimum absolute atomic E-state index is 0.0410. The van der Waals surface area contributed by atoms with E-state index in [-0.39, 0.29) is 17.9 Å². The lowest BCUT2D eigenvalue weighted by Crippen LogP contribution is -2.41. The first-order valence-electron chi connectivity index (χ1n) is 10.2. The summed E-state index contributed by atoms with van der Waals surface area (Å²) in [7, 11) is 0. The van der Waals surface area contributed by atoms with E-state index in [1.54, 1.807) is 0 Å². The van der Waals surface area contributed by atoms with Crippen LogP contribution in [0.25, 0.3) is 21.8 Å². The van der Waals surface area contributed by atoms with Crippen molar-refractivity contribution >= 4 is 39.4 Å². The van der Waals surface area contributed by atoms with Crippen molar-refractivity contribution in [2.24, 2.45) is 11.8 Å². The van der Waals surface area contributed by atoms with Crippen molar-refractivity contribution in [1.29, 1.82) is 0 Å². The summed E-state index contributed by atoms with van der Waals surface area (Å²) >= 11 is 0. The molecule has 2 aromatic carbocycles. The number of carboxylic acid groups (broad SMARTS) is 1. The Hall–Kier alpha value is -2.86. The molecule has 3 aromatic rings. The van der Waals surface area contributed by atoms with E-state index in [2.05, 4.69) is 35.0 Å². The van der Waals surface area contributed by atoms with Crippen molar-refractivity contribution in [2.75, 3.05) is 18.4 Å². The summed E-state index contributed by atoms with van der Waals surface area (Å²) in [5.41, 5.74) is 3.10. The van der Waals surface area contributed by atoms with Crippen LogP contribution in [0.1, 0.15) is 20.8 Å². The molecule has 29 heavy (non-hydrogen) atoms. The lowest BCUT2D eigenvalue weighted by Gasteiger charge is -2.23. The number of carboxylic acids is 1. The number of carbonyl (C=O) groups is 2. The van der Waals surface area contributed by atoms with Crippen molar-refractivity contribution in [3.05, 3.63) is 42.5 Å². The van der Waals surface area contributed by atoms with Crippen LogP contribution in [-0.4, -0.2) is 45.6 Å². The maximum atomic E-state index is 12.8. The van der Waals surface area contributed by atoms with Crippen LogP contribution in [0.15, 0.2) is 42.5 Å². The number of aromatic nitrogens is 1. The Morgan fingerprint density at radius 1 is 1.14 bits per heavy atom. The minimum Gasteiger partial charge on any atom is -0.481 e. The number of para-hydroxylation sites is 1. The van der Waals surface area contributed by atoms with Crippen LogP contribution in [0.3, 0.4) is 0 Å². The third-order valence-electron chi connectivity index (χ3n) is 6.24. The number of amides is 1. The highest BCUT2D eigenvalue weighted by molar-refractivity contribution is 6.10. The van der Waals surface area contributed by atoms with Crippen molar-refractivity contribution < 1.29 is 14.7 Å². The number of hydrogen-bond donors (Lipinski definition) is 2. The third kappa shape index (κ3) is 3.38. The summed E-state index contributed by atoms with van der Waals surface area (Å²) in [5.74, 6) is -1.27. The first-order chi connectivity index (χ1) is 13.9. The van der Waals surface area contributed by atoms with Gasteiger partial charge in [0.05, 0.1) is 12.0 Å². The van der Waals surface area contributed by atoms with Gasteiger partial charge in [0.2, 0.25) is 5.91 Å². The smallest absolute Gasteiger partial charge is 0.308 e. The van der Waals surface area contributed by atoms with Gasteiger partial charge in [0.25, 0.3) is 0 Å². The maximum Gasteiger partial charge on any atom is 0.308 e. The number of benzene rings is 2. The molecule has 1 aliphatic heterocycles. The second kappa shape index (κ2) is 7.52. The zero-order chi connectivity index (χ0) is 20.7. The summed E-state index contributed by atoms with van der Waals surface area (Å²) in [6.07, 6.45) is 0. The summed E-state index contributed by atoms with van der Waals surface area (Å²) in [5, 5.41) is 14.7. The molecule has 6 heteroatoms. The van der Waals surface area contributed by atoms with E-state index in [9.17, 15) is 14.7 Å². The molecule has 6 nitrogen and oxygen atoms in total. The van der Waals surface area contributed by atoms with Crippen LogP contribution < -0.4 is 5.32 Å². The Morgan fingerprint density at radius 3 is 2.55 bits per heavy atom. The van der Waals surface area contributed by atoms with E-state index >= 15 is 0 Å². The molecule has 1 amide bonds. The van der Waals surface area contributed by atoms with E-state index in [4.69, 9.17) is 0 Å². The molecule has 0 radical (unpaired) electrons. The Bertz CT molecular complexity index is 1090. The summed E-state index contributed by atoms with van der Waals surface area (Å²) in [6.45, 7) is 7.81. The molecule has 1 unspecified atom stereocenters. The molecule has 2 N–H and O–H groups in total. The number of carbonyl (C=O) groups excluding carboxylic acids is 1. The predicted molar refractivity (Wildman–Crippen MR) is 115 cm³/mol. The predicted octanol–water partition coefficient (Wildman–Crippen LogP) is 3.79. The van der Waals surface area contributed by atoms with Gasteiger partial charge in [0, 0.05) is 47.1 Å². The zero-order valence-corrected chi connectivity index (χ0v) is 17.1.